The topological polar surface area (TPSA) is 44.1 Å². The summed E-state index contributed by atoms with van der Waals surface area (Å²) >= 11 is 7.50. The Bertz CT molecular complexity index is 934. The van der Waals surface area contributed by atoms with Crippen LogP contribution in [0.1, 0.15) is 18.5 Å². The molecule has 6 heteroatoms. The van der Waals surface area contributed by atoms with Crippen molar-refractivity contribution < 1.29 is 9.53 Å². The summed E-state index contributed by atoms with van der Waals surface area (Å²) in [6.45, 7) is 1.92. The maximum atomic E-state index is 12.3. The summed E-state index contributed by atoms with van der Waals surface area (Å²) in [7, 11) is 0. The number of aromatic nitrogens is 2. The molecule has 0 amide bonds. The minimum atomic E-state index is -0.181. The van der Waals surface area contributed by atoms with Gasteiger partial charge in [-0.25, -0.2) is 0 Å². The molecule has 0 N–H and O–H groups in total. The van der Waals surface area contributed by atoms with E-state index in [2.05, 4.69) is 5.10 Å². The number of esters is 1. The maximum Gasteiger partial charge on any atom is 0.315 e. The first-order valence-corrected chi connectivity index (χ1v) is 9.61. The van der Waals surface area contributed by atoms with Crippen molar-refractivity contribution in [1.29, 1.82) is 0 Å². The molecular formula is C20H17ClN2O2S. The fraction of sp³-hybridized carbons (Fsp3) is 0.200. The van der Waals surface area contributed by atoms with Gasteiger partial charge in [0.05, 0.1) is 22.2 Å². The Labute approximate surface area is 161 Å². The molecule has 1 aliphatic carbocycles. The molecule has 1 fully saturated rings. The molecule has 132 valence electrons. The fourth-order valence-corrected chi connectivity index (χ4v) is 3.60. The lowest BCUT2D eigenvalue weighted by molar-refractivity contribution is -0.136. The summed E-state index contributed by atoms with van der Waals surface area (Å²) in [5.41, 5.74) is 1.67. The summed E-state index contributed by atoms with van der Waals surface area (Å²) in [5, 5.41) is 5.31. The predicted molar refractivity (Wildman–Crippen MR) is 102 cm³/mol. The lowest BCUT2D eigenvalue weighted by Gasteiger charge is -2.10. The number of para-hydroxylation sites is 1. The van der Waals surface area contributed by atoms with Crippen LogP contribution in [0.5, 0.6) is 5.88 Å². The van der Waals surface area contributed by atoms with Crippen molar-refractivity contribution in [3.63, 3.8) is 0 Å². The number of rotatable bonds is 5. The molecule has 0 spiro atoms. The maximum absolute atomic E-state index is 12.3. The molecule has 1 aliphatic rings. The third-order valence-corrected chi connectivity index (χ3v) is 5.54. The van der Waals surface area contributed by atoms with Gasteiger partial charge in [-0.15, -0.1) is 0 Å². The number of ether oxygens (including phenoxy) is 1. The van der Waals surface area contributed by atoms with E-state index in [0.717, 1.165) is 34.0 Å². The molecule has 4 nitrogen and oxygen atoms in total. The second kappa shape index (κ2) is 7.17. The van der Waals surface area contributed by atoms with E-state index in [1.54, 1.807) is 4.68 Å². The number of nitrogens with zero attached hydrogens (tertiary/aromatic N) is 2. The predicted octanol–water partition coefficient (Wildman–Crippen LogP) is 5.30. The number of benzene rings is 2. The number of hydrogen-bond acceptors (Lipinski definition) is 4. The van der Waals surface area contributed by atoms with E-state index in [4.69, 9.17) is 16.3 Å². The Morgan fingerprint density at radius 3 is 2.50 bits per heavy atom. The van der Waals surface area contributed by atoms with Crippen molar-refractivity contribution in [3.05, 3.63) is 65.3 Å². The fourth-order valence-electron chi connectivity index (χ4n) is 2.56. The van der Waals surface area contributed by atoms with Crippen LogP contribution < -0.4 is 4.74 Å². The van der Waals surface area contributed by atoms with Gasteiger partial charge < -0.3 is 4.74 Å². The zero-order valence-corrected chi connectivity index (χ0v) is 15.8. The molecule has 0 aliphatic heterocycles. The molecule has 0 saturated heterocycles. The Morgan fingerprint density at radius 1 is 1.15 bits per heavy atom. The van der Waals surface area contributed by atoms with Gasteiger partial charge in [0, 0.05) is 9.92 Å². The van der Waals surface area contributed by atoms with Crippen molar-refractivity contribution in [2.75, 3.05) is 0 Å². The minimum Gasteiger partial charge on any atom is -0.406 e. The normalized spacial score (nSPS) is 13.6. The van der Waals surface area contributed by atoms with Gasteiger partial charge in [-0.3, -0.25) is 4.79 Å². The van der Waals surface area contributed by atoms with Crippen LogP contribution in [0.25, 0.3) is 5.69 Å². The molecule has 0 bridgehead atoms. The highest BCUT2D eigenvalue weighted by Gasteiger charge is 2.33. The van der Waals surface area contributed by atoms with Gasteiger partial charge in [0.2, 0.25) is 5.88 Å². The average Bonchev–Trinajstić information content (AvgIpc) is 3.46. The van der Waals surface area contributed by atoms with Gasteiger partial charge in [-0.1, -0.05) is 41.6 Å². The van der Waals surface area contributed by atoms with Crippen molar-refractivity contribution >= 4 is 29.3 Å². The van der Waals surface area contributed by atoms with Crippen molar-refractivity contribution in [2.45, 2.75) is 29.6 Å². The first kappa shape index (κ1) is 17.2. The van der Waals surface area contributed by atoms with E-state index in [9.17, 15) is 4.79 Å². The van der Waals surface area contributed by atoms with Crippen LogP contribution in [0.2, 0.25) is 5.02 Å². The third-order valence-electron chi connectivity index (χ3n) is 4.11. The van der Waals surface area contributed by atoms with E-state index < -0.39 is 0 Å². The Hall–Kier alpha value is -2.24. The van der Waals surface area contributed by atoms with Crippen LogP contribution in [0.3, 0.4) is 0 Å². The lowest BCUT2D eigenvalue weighted by Crippen LogP contribution is -2.13. The largest absolute Gasteiger partial charge is 0.406 e. The molecular weight excluding hydrogens is 368 g/mol. The molecule has 0 unspecified atom stereocenters. The zero-order valence-electron chi connectivity index (χ0n) is 14.2. The Kier molecular flexibility index (Phi) is 4.74. The van der Waals surface area contributed by atoms with Crippen molar-refractivity contribution in [3.8, 4) is 11.6 Å². The summed E-state index contributed by atoms with van der Waals surface area (Å²) in [4.78, 5) is 14.2. The molecule has 1 saturated carbocycles. The molecule has 1 aromatic heterocycles. The molecule has 4 rings (SSSR count). The van der Waals surface area contributed by atoms with Gasteiger partial charge >= 0.3 is 5.97 Å². The molecule has 1 heterocycles. The van der Waals surface area contributed by atoms with Crippen LogP contribution in [0, 0.1) is 12.8 Å². The average molecular weight is 385 g/mol. The van der Waals surface area contributed by atoms with Crippen LogP contribution in [-0.2, 0) is 4.79 Å². The van der Waals surface area contributed by atoms with Crippen molar-refractivity contribution in [1.82, 2.24) is 9.78 Å². The highest BCUT2D eigenvalue weighted by atomic mass is 35.5. The quantitative estimate of drug-likeness (QED) is 0.560. The van der Waals surface area contributed by atoms with E-state index in [1.165, 1.54) is 11.8 Å². The summed E-state index contributed by atoms with van der Waals surface area (Å²) < 4.78 is 7.49. The molecule has 26 heavy (non-hydrogen) atoms. The van der Waals surface area contributed by atoms with E-state index in [0.29, 0.717) is 10.9 Å². The summed E-state index contributed by atoms with van der Waals surface area (Å²) in [6.07, 6.45) is 1.80. The van der Waals surface area contributed by atoms with Crippen LogP contribution in [-0.4, -0.2) is 15.7 Å². The SMILES string of the molecule is Cc1nn(-c2ccccc2)c(OC(=O)C2CC2)c1Sc1ccc(Cl)cc1. The molecule has 0 atom stereocenters. The minimum absolute atomic E-state index is 0.0165. The smallest absolute Gasteiger partial charge is 0.315 e. The van der Waals surface area contributed by atoms with Crippen LogP contribution >= 0.6 is 23.4 Å². The highest BCUT2D eigenvalue weighted by Crippen LogP contribution is 2.40. The number of hydrogen-bond donors (Lipinski definition) is 0. The first-order chi connectivity index (χ1) is 12.6. The summed E-state index contributed by atoms with van der Waals surface area (Å²) in [6, 6.07) is 17.3. The first-order valence-electron chi connectivity index (χ1n) is 8.42. The van der Waals surface area contributed by atoms with Crippen LogP contribution in [0.15, 0.2) is 64.4 Å². The van der Waals surface area contributed by atoms with Crippen molar-refractivity contribution in [2.24, 2.45) is 5.92 Å². The van der Waals surface area contributed by atoms with Gasteiger partial charge in [-0.05, 0) is 56.2 Å². The van der Waals surface area contributed by atoms with Gasteiger partial charge in [0.15, 0.2) is 0 Å². The Morgan fingerprint density at radius 2 is 1.85 bits per heavy atom. The number of carbonyl (C=O) groups excluding carboxylic acids is 1. The second-order valence-corrected chi connectivity index (χ2v) is 7.74. The van der Waals surface area contributed by atoms with Crippen LogP contribution in [0.4, 0.5) is 0 Å². The lowest BCUT2D eigenvalue weighted by atomic mass is 10.3. The van der Waals surface area contributed by atoms with E-state index in [1.807, 2.05) is 61.5 Å². The van der Waals surface area contributed by atoms with E-state index in [-0.39, 0.29) is 11.9 Å². The molecule has 2 aromatic carbocycles. The standard InChI is InChI=1S/C20H17ClN2O2S/c1-13-18(26-17-11-9-15(21)10-12-17)19(25-20(24)14-7-8-14)23(22-13)16-5-3-2-4-6-16/h2-6,9-12,14H,7-8H2,1H3. The molecule has 3 aromatic rings. The second-order valence-electron chi connectivity index (χ2n) is 6.22. The third kappa shape index (κ3) is 3.64. The highest BCUT2D eigenvalue weighted by molar-refractivity contribution is 7.99. The Balaban J connectivity index is 1.74. The summed E-state index contributed by atoms with van der Waals surface area (Å²) in [5.74, 6) is 0.313. The number of aryl methyl sites for hydroxylation is 1. The van der Waals surface area contributed by atoms with Gasteiger partial charge in [0.25, 0.3) is 0 Å². The van der Waals surface area contributed by atoms with E-state index >= 15 is 0 Å². The number of carbonyl (C=O) groups is 1. The molecule has 0 radical (unpaired) electrons. The zero-order chi connectivity index (χ0) is 18.1. The van der Waals surface area contributed by atoms with Gasteiger partial charge in [0.1, 0.15) is 0 Å². The monoisotopic (exact) mass is 384 g/mol. The van der Waals surface area contributed by atoms with Gasteiger partial charge in [-0.2, -0.15) is 9.78 Å². The number of halogens is 1.